The average molecular weight is 395 g/mol. The van der Waals surface area contributed by atoms with E-state index < -0.39 is 5.60 Å². The number of nitrogens with zero attached hydrogens (tertiary/aromatic N) is 1. The number of esters is 1. The highest BCUT2D eigenvalue weighted by Gasteiger charge is 2.21. The van der Waals surface area contributed by atoms with Crippen LogP contribution in [0.5, 0.6) is 0 Å². The van der Waals surface area contributed by atoms with Crippen molar-refractivity contribution in [3.63, 3.8) is 0 Å². The molecule has 0 radical (unpaired) electrons. The van der Waals surface area contributed by atoms with E-state index in [1.165, 1.54) is 0 Å². The van der Waals surface area contributed by atoms with Crippen LogP contribution >= 0.6 is 11.6 Å². The summed E-state index contributed by atoms with van der Waals surface area (Å²) in [5.41, 5.74) is 3.92. The summed E-state index contributed by atoms with van der Waals surface area (Å²) < 4.78 is 5.58. The van der Waals surface area contributed by atoms with Crippen molar-refractivity contribution < 1.29 is 9.53 Å². The maximum atomic E-state index is 12.7. The van der Waals surface area contributed by atoms with Gasteiger partial charge < -0.3 is 10.1 Å². The second kappa shape index (κ2) is 8.03. The zero-order chi connectivity index (χ0) is 20.3. The maximum absolute atomic E-state index is 12.7. The third-order valence-electron chi connectivity index (χ3n) is 3.96. The summed E-state index contributed by atoms with van der Waals surface area (Å²) in [5.74, 6) is -0.380. The van der Waals surface area contributed by atoms with Crippen molar-refractivity contribution in [1.82, 2.24) is 4.98 Å². The minimum atomic E-state index is -0.578. The summed E-state index contributed by atoms with van der Waals surface area (Å²) in [5, 5.41) is 3.83. The number of aryl methyl sites for hydroxylation is 1. The molecular weight excluding hydrogens is 372 g/mol. The standard InChI is InChI=1S/C23H23ClN2O2/c1-15-10-11-19(18(12-15)22(27)28-23(2,3)4)26-20-13-17(24)14-25-21(20)16-8-6-5-7-9-16/h5-14,26H,1-4H3. The number of pyridine rings is 1. The van der Waals surface area contributed by atoms with Crippen molar-refractivity contribution in [2.45, 2.75) is 33.3 Å². The molecule has 0 saturated carbocycles. The number of carbonyl (C=O) groups is 1. The average Bonchev–Trinajstić information content (AvgIpc) is 2.62. The molecule has 0 bridgehead atoms. The zero-order valence-electron chi connectivity index (χ0n) is 16.4. The van der Waals surface area contributed by atoms with E-state index >= 15 is 0 Å². The smallest absolute Gasteiger partial charge is 0.340 e. The molecule has 1 aromatic heterocycles. The van der Waals surface area contributed by atoms with E-state index in [0.717, 1.165) is 16.8 Å². The zero-order valence-corrected chi connectivity index (χ0v) is 17.2. The van der Waals surface area contributed by atoms with E-state index in [1.807, 2.05) is 76.2 Å². The molecule has 28 heavy (non-hydrogen) atoms. The first-order valence-corrected chi connectivity index (χ1v) is 9.43. The Morgan fingerprint density at radius 2 is 1.75 bits per heavy atom. The van der Waals surface area contributed by atoms with E-state index in [4.69, 9.17) is 16.3 Å². The second-order valence-corrected chi connectivity index (χ2v) is 8.03. The number of benzene rings is 2. The van der Waals surface area contributed by atoms with Crippen LogP contribution in [-0.2, 0) is 4.74 Å². The Morgan fingerprint density at radius 1 is 1.04 bits per heavy atom. The topological polar surface area (TPSA) is 51.2 Å². The molecule has 5 heteroatoms. The van der Waals surface area contributed by atoms with Crippen LogP contribution in [-0.4, -0.2) is 16.6 Å². The molecule has 0 unspecified atom stereocenters. The molecule has 2 aromatic carbocycles. The van der Waals surface area contributed by atoms with Crippen LogP contribution in [0.2, 0.25) is 5.02 Å². The Morgan fingerprint density at radius 3 is 2.43 bits per heavy atom. The summed E-state index contributed by atoms with van der Waals surface area (Å²) in [4.78, 5) is 17.2. The van der Waals surface area contributed by atoms with Crippen molar-refractivity contribution in [3.8, 4) is 11.3 Å². The van der Waals surface area contributed by atoms with Crippen LogP contribution in [0.1, 0.15) is 36.7 Å². The van der Waals surface area contributed by atoms with Crippen LogP contribution in [0.15, 0.2) is 60.8 Å². The Bertz CT molecular complexity index is 995. The maximum Gasteiger partial charge on any atom is 0.340 e. The largest absolute Gasteiger partial charge is 0.456 e. The van der Waals surface area contributed by atoms with Gasteiger partial charge in [-0.05, 0) is 45.9 Å². The van der Waals surface area contributed by atoms with E-state index in [9.17, 15) is 4.79 Å². The summed E-state index contributed by atoms with van der Waals surface area (Å²) >= 11 is 6.19. The van der Waals surface area contributed by atoms with Crippen molar-refractivity contribution in [1.29, 1.82) is 0 Å². The van der Waals surface area contributed by atoms with Gasteiger partial charge in [0.15, 0.2) is 0 Å². The van der Waals surface area contributed by atoms with Crippen LogP contribution in [0.25, 0.3) is 11.3 Å². The minimum Gasteiger partial charge on any atom is -0.456 e. The third-order valence-corrected chi connectivity index (χ3v) is 4.17. The normalized spacial score (nSPS) is 11.2. The Labute approximate surface area is 170 Å². The lowest BCUT2D eigenvalue weighted by atomic mass is 10.1. The highest BCUT2D eigenvalue weighted by atomic mass is 35.5. The van der Waals surface area contributed by atoms with Crippen molar-refractivity contribution in [3.05, 3.63) is 76.9 Å². The fourth-order valence-electron chi connectivity index (χ4n) is 2.77. The van der Waals surface area contributed by atoms with Gasteiger partial charge in [-0.1, -0.05) is 53.6 Å². The number of anilines is 2. The first-order chi connectivity index (χ1) is 13.2. The number of aromatic nitrogens is 1. The molecular formula is C23H23ClN2O2. The van der Waals surface area contributed by atoms with Gasteiger partial charge >= 0.3 is 5.97 Å². The molecule has 1 N–H and O–H groups in total. The van der Waals surface area contributed by atoms with Crippen molar-refractivity contribution >= 4 is 28.9 Å². The van der Waals surface area contributed by atoms with Gasteiger partial charge in [0.25, 0.3) is 0 Å². The monoisotopic (exact) mass is 394 g/mol. The molecule has 144 valence electrons. The first kappa shape index (κ1) is 19.9. The SMILES string of the molecule is Cc1ccc(Nc2cc(Cl)cnc2-c2ccccc2)c(C(=O)OC(C)(C)C)c1. The van der Waals surface area contributed by atoms with Crippen LogP contribution in [0, 0.1) is 6.92 Å². The van der Waals surface area contributed by atoms with Crippen molar-refractivity contribution in [2.75, 3.05) is 5.32 Å². The summed E-state index contributed by atoms with van der Waals surface area (Å²) in [6.07, 6.45) is 1.61. The lowest BCUT2D eigenvalue weighted by Crippen LogP contribution is -2.24. The minimum absolute atomic E-state index is 0.380. The molecule has 3 rings (SSSR count). The quantitative estimate of drug-likeness (QED) is 0.519. The van der Waals surface area contributed by atoms with Gasteiger partial charge in [0.1, 0.15) is 5.60 Å². The number of hydrogen-bond donors (Lipinski definition) is 1. The second-order valence-electron chi connectivity index (χ2n) is 7.59. The predicted octanol–water partition coefficient (Wildman–Crippen LogP) is 6.41. The van der Waals surface area contributed by atoms with E-state index in [-0.39, 0.29) is 5.97 Å². The van der Waals surface area contributed by atoms with E-state index in [0.29, 0.717) is 22.0 Å². The Balaban J connectivity index is 2.03. The molecule has 0 amide bonds. The lowest BCUT2D eigenvalue weighted by molar-refractivity contribution is 0.00706. The molecule has 0 aliphatic rings. The van der Waals surface area contributed by atoms with Gasteiger partial charge in [-0.2, -0.15) is 0 Å². The summed E-state index contributed by atoms with van der Waals surface area (Å²) in [7, 11) is 0. The molecule has 0 saturated heterocycles. The fraction of sp³-hybridized carbons (Fsp3) is 0.217. The van der Waals surface area contributed by atoms with Gasteiger partial charge in [-0.3, -0.25) is 4.98 Å². The first-order valence-electron chi connectivity index (χ1n) is 9.05. The highest BCUT2D eigenvalue weighted by Crippen LogP contribution is 2.32. The van der Waals surface area contributed by atoms with Gasteiger partial charge in [-0.15, -0.1) is 0 Å². The lowest BCUT2D eigenvalue weighted by Gasteiger charge is -2.21. The van der Waals surface area contributed by atoms with Gasteiger partial charge in [0.05, 0.1) is 27.7 Å². The number of carbonyl (C=O) groups excluding carboxylic acids is 1. The molecule has 1 heterocycles. The van der Waals surface area contributed by atoms with Gasteiger partial charge in [0, 0.05) is 11.8 Å². The molecule has 0 atom stereocenters. The van der Waals surface area contributed by atoms with Gasteiger partial charge in [0.2, 0.25) is 0 Å². The molecule has 0 aliphatic heterocycles. The summed E-state index contributed by atoms with van der Waals surface area (Å²) in [6, 6.07) is 17.2. The molecule has 3 aromatic rings. The molecule has 0 aliphatic carbocycles. The summed E-state index contributed by atoms with van der Waals surface area (Å²) in [6.45, 7) is 7.49. The van der Waals surface area contributed by atoms with Crippen LogP contribution in [0.4, 0.5) is 11.4 Å². The predicted molar refractivity (Wildman–Crippen MR) is 114 cm³/mol. The van der Waals surface area contributed by atoms with Crippen molar-refractivity contribution in [2.24, 2.45) is 0 Å². The van der Waals surface area contributed by atoms with Crippen LogP contribution < -0.4 is 5.32 Å². The molecule has 0 fully saturated rings. The number of hydrogen-bond acceptors (Lipinski definition) is 4. The van der Waals surface area contributed by atoms with E-state index in [2.05, 4.69) is 10.3 Å². The number of halogens is 1. The number of nitrogens with one attached hydrogen (secondary N) is 1. The molecule has 0 spiro atoms. The fourth-order valence-corrected chi connectivity index (χ4v) is 2.93. The number of rotatable bonds is 4. The Kier molecular flexibility index (Phi) is 5.71. The Hall–Kier alpha value is -2.85. The van der Waals surface area contributed by atoms with Gasteiger partial charge in [-0.25, -0.2) is 4.79 Å². The third kappa shape index (κ3) is 4.90. The van der Waals surface area contributed by atoms with Crippen LogP contribution in [0.3, 0.4) is 0 Å². The van der Waals surface area contributed by atoms with E-state index in [1.54, 1.807) is 12.3 Å². The number of ether oxygens (including phenoxy) is 1. The highest BCUT2D eigenvalue weighted by molar-refractivity contribution is 6.30. The molecule has 4 nitrogen and oxygen atoms in total.